The molecule has 0 saturated heterocycles. The third-order valence-electron chi connectivity index (χ3n) is 1.69. The summed E-state index contributed by atoms with van der Waals surface area (Å²) in [6.07, 6.45) is 4.03. The number of allylic oxidation sites excluding steroid dienone is 1. The summed E-state index contributed by atoms with van der Waals surface area (Å²) in [7, 11) is 0. The normalized spacial score (nSPS) is 8.67. The van der Waals surface area contributed by atoms with Gasteiger partial charge in [-0.15, -0.1) is 0 Å². The highest BCUT2D eigenvalue weighted by Gasteiger charge is 1.95. The standard InChI is InChI=1S/C10H13N.2C2H6/c1-3-5-9-8(2)6-4-7-10(9)11;2*1-2/h3-7H,11H2,1-2H3;2*1-2H3/b5-3-;;. The van der Waals surface area contributed by atoms with Gasteiger partial charge >= 0.3 is 0 Å². The zero-order valence-electron chi connectivity index (χ0n) is 11.0. The second-order valence-electron chi connectivity index (χ2n) is 2.58. The molecule has 0 fully saturated rings. The van der Waals surface area contributed by atoms with Gasteiger partial charge in [0.25, 0.3) is 0 Å². The fraction of sp³-hybridized carbons (Fsp3) is 0.429. The Kier molecular flexibility index (Phi) is 11.7. The molecule has 15 heavy (non-hydrogen) atoms. The largest absolute Gasteiger partial charge is 0.398 e. The highest BCUT2D eigenvalue weighted by atomic mass is 14.6. The Morgan fingerprint density at radius 3 is 2.00 bits per heavy atom. The molecule has 0 heterocycles. The molecule has 0 bridgehead atoms. The van der Waals surface area contributed by atoms with E-state index >= 15 is 0 Å². The Bertz CT molecular complexity index is 254. The van der Waals surface area contributed by atoms with E-state index in [-0.39, 0.29) is 0 Å². The summed E-state index contributed by atoms with van der Waals surface area (Å²) in [4.78, 5) is 0. The quantitative estimate of drug-likeness (QED) is 0.666. The Balaban J connectivity index is 0. The number of aryl methyl sites for hydroxylation is 1. The summed E-state index contributed by atoms with van der Waals surface area (Å²) >= 11 is 0. The van der Waals surface area contributed by atoms with E-state index in [2.05, 4.69) is 13.0 Å². The van der Waals surface area contributed by atoms with Crippen molar-refractivity contribution in [1.82, 2.24) is 0 Å². The lowest BCUT2D eigenvalue weighted by Gasteiger charge is -2.02. The van der Waals surface area contributed by atoms with Crippen LogP contribution in [0.2, 0.25) is 0 Å². The lowest BCUT2D eigenvalue weighted by atomic mass is 10.1. The third-order valence-corrected chi connectivity index (χ3v) is 1.69. The van der Waals surface area contributed by atoms with E-state index in [1.54, 1.807) is 0 Å². The molecule has 0 aromatic heterocycles. The van der Waals surface area contributed by atoms with Crippen LogP contribution in [0.4, 0.5) is 5.69 Å². The molecule has 2 N–H and O–H groups in total. The van der Waals surface area contributed by atoms with Gasteiger partial charge in [-0.05, 0) is 31.0 Å². The Labute approximate surface area is 95.0 Å². The van der Waals surface area contributed by atoms with Crippen LogP contribution in [0, 0.1) is 6.92 Å². The molecule has 0 atom stereocenters. The molecule has 0 radical (unpaired) electrons. The summed E-state index contributed by atoms with van der Waals surface area (Å²) in [5.41, 5.74) is 8.97. The predicted molar refractivity (Wildman–Crippen MR) is 73.0 cm³/mol. The number of hydrogen-bond acceptors (Lipinski definition) is 1. The fourth-order valence-electron chi connectivity index (χ4n) is 1.10. The number of nitrogen functional groups attached to an aromatic ring is 1. The number of nitrogens with two attached hydrogens (primary N) is 1. The molecule has 86 valence electrons. The van der Waals surface area contributed by atoms with Crippen molar-refractivity contribution < 1.29 is 0 Å². The van der Waals surface area contributed by atoms with E-state index < -0.39 is 0 Å². The zero-order chi connectivity index (χ0) is 12.3. The Hall–Kier alpha value is -1.24. The number of rotatable bonds is 1. The number of benzene rings is 1. The summed E-state index contributed by atoms with van der Waals surface area (Å²) in [5, 5.41) is 0. The molecule has 1 aromatic rings. The first-order valence-electron chi connectivity index (χ1n) is 5.73. The molecule has 0 amide bonds. The van der Waals surface area contributed by atoms with Crippen LogP contribution in [-0.4, -0.2) is 0 Å². The summed E-state index contributed by atoms with van der Waals surface area (Å²) in [6.45, 7) is 12.1. The van der Waals surface area contributed by atoms with Crippen LogP contribution in [0.3, 0.4) is 0 Å². The number of hydrogen-bond donors (Lipinski definition) is 1. The highest BCUT2D eigenvalue weighted by Crippen LogP contribution is 2.17. The van der Waals surface area contributed by atoms with Crippen molar-refractivity contribution >= 4 is 11.8 Å². The maximum atomic E-state index is 5.76. The van der Waals surface area contributed by atoms with E-state index in [1.165, 1.54) is 5.56 Å². The van der Waals surface area contributed by atoms with Crippen LogP contribution < -0.4 is 5.73 Å². The predicted octanol–water partition coefficient (Wildman–Crippen LogP) is 4.66. The van der Waals surface area contributed by atoms with Gasteiger partial charge < -0.3 is 5.73 Å². The molecule has 0 aliphatic rings. The van der Waals surface area contributed by atoms with E-state index in [1.807, 2.05) is 58.9 Å². The summed E-state index contributed by atoms with van der Waals surface area (Å²) in [5.74, 6) is 0. The first-order valence-corrected chi connectivity index (χ1v) is 5.73. The second-order valence-corrected chi connectivity index (χ2v) is 2.58. The third kappa shape index (κ3) is 5.95. The fourth-order valence-corrected chi connectivity index (χ4v) is 1.10. The summed E-state index contributed by atoms with van der Waals surface area (Å²) in [6, 6.07) is 5.95. The lowest BCUT2D eigenvalue weighted by Crippen LogP contribution is -1.90. The van der Waals surface area contributed by atoms with Crippen LogP contribution in [0.15, 0.2) is 24.3 Å². The van der Waals surface area contributed by atoms with Crippen LogP contribution in [0.25, 0.3) is 6.08 Å². The van der Waals surface area contributed by atoms with Gasteiger partial charge in [-0.3, -0.25) is 0 Å². The van der Waals surface area contributed by atoms with Crippen molar-refractivity contribution in [2.24, 2.45) is 0 Å². The first-order chi connectivity index (χ1) is 7.25. The maximum absolute atomic E-state index is 5.76. The second kappa shape index (κ2) is 10.8. The summed E-state index contributed by atoms with van der Waals surface area (Å²) < 4.78 is 0. The molecule has 1 nitrogen and oxygen atoms in total. The van der Waals surface area contributed by atoms with Gasteiger partial charge in [0.05, 0.1) is 0 Å². The van der Waals surface area contributed by atoms with Gasteiger partial charge in [0.15, 0.2) is 0 Å². The minimum atomic E-state index is 0.850. The van der Waals surface area contributed by atoms with Crippen LogP contribution in [0.5, 0.6) is 0 Å². The van der Waals surface area contributed by atoms with E-state index in [0.29, 0.717) is 0 Å². The van der Waals surface area contributed by atoms with E-state index in [9.17, 15) is 0 Å². The van der Waals surface area contributed by atoms with E-state index in [0.717, 1.165) is 11.3 Å². The molecule has 1 aromatic carbocycles. The molecular formula is C14H25N. The molecule has 0 unspecified atom stereocenters. The highest BCUT2D eigenvalue weighted by molar-refractivity contribution is 5.67. The van der Waals surface area contributed by atoms with Gasteiger partial charge in [0, 0.05) is 5.69 Å². The van der Waals surface area contributed by atoms with Crippen molar-refractivity contribution in [1.29, 1.82) is 0 Å². The zero-order valence-corrected chi connectivity index (χ0v) is 11.0. The minimum Gasteiger partial charge on any atom is -0.398 e. The maximum Gasteiger partial charge on any atom is 0.0390 e. The molecule has 0 spiro atoms. The molecule has 0 aliphatic heterocycles. The van der Waals surface area contributed by atoms with Crippen LogP contribution in [-0.2, 0) is 0 Å². The monoisotopic (exact) mass is 207 g/mol. The molecule has 0 saturated carbocycles. The van der Waals surface area contributed by atoms with Gasteiger partial charge in [0.1, 0.15) is 0 Å². The smallest absolute Gasteiger partial charge is 0.0390 e. The SMILES string of the molecule is C/C=C\c1c(C)cccc1N.CC.CC. The van der Waals surface area contributed by atoms with Gasteiger partial charge in [-0.2, -0.15) is 0 Å². The minimum absolute atomic E-state index is 0.850. The van der Waals surface area contributed by atoms with Crippen molar-refractivity contribution in [3.63, 3.8) is 0 Å². The van der Waals surface area contributed by atoms with Gasteiger partial charge in [0.2, 0.25) is 0 Å². The molecule has 1 heteroatoms. The Morgan fingerprint density at radius 1 is 1.07 bits per heavy atom. The lowest BCUT2D eigenvalue weighted by molar-refractivity contribution is 1.44. The number of anilines is 1. The first kappa shape index (κ1) is 16.2. The van der Waals surface area contributed by atoms with Crippen molar-refractivity contribution in [2.45, 2.75) is 41.5 Å². The van der Waals surface area contributed by atoms with Crippen LogP contribution in [0.1, 0.15) is 45.7 Å². The average Bonchev–Trinajstić information content (AvgIpc) is 2.29. The molecule has 1 rings (SSSR count). The van der Waals surface area contributed by atoms with Crippen LogP contribution >= 0.6 is 0 Å². The Morgan fingerprint density at radius 2 is 1.60 bits per heavy atom. The van der Waals surface area contributed by atoms with Gasteiger partial charge in [-0.1, -0.05) is 52.0 Å². The molecule has 0 aliphatic carbocycles. The topological polar surface area (TPSA) is 26.0 Å². The van der Waals surface area contributed by atoms with Gasteiger partial charge in [-0.25, -0.2) is 0 Å². The van der Waals surface area contributed by atoms with Crippen molar-refractivity contribution in [2.75, 3.05) is 5.73 Å². The van der Waals surface area contributed by atoms with Crippen molar-refractivity contribution in [3.8, 4) is 0 Å². The van der Waals surface area contributed by atoms with E-state index in [4.69, 9.17) is 5.73 Å². The molecular weight excluding hydrogens is 182 g/mol. The van der Waals surface area contributed by atoms with Crippen molar-refractivity contribution in [3.05, 3.63) is 35.4 Å². The average molecular weight is 207 g/mol.